The number of nitrogens with one attached hydrogen (secondary N) is 2. The summed E-state index contributed by atoms with van der Waals surface area (Å²) >= 11 is 1.30. The van der Waals surface area contributed by atoms with Crippen LogP contribution in [0.1, 0.15) is 39.9 Å². The molecule has 0 radical (unpaired) electrons. The van der Waals surface area contributed by atoms with Crippen LogP contribution in [0.4, 0.5) is 5.13 Å². The summed E-state index contributed by atoms with van der Waals surface area (Å²) in [5.74, 6) is 0.806. The summed E-state index contributed by atoms with van der Waals surface area (Å²) < 4.78 is 4.19. The van der Waals surface area contributed by atoms with Gasteiger partial charge in [-0.25, -0.2) is 4.98 Å². The maximum atomic E-state index is 11.5. The predicted molar refractivity (Wildman–Crippen MR) is 70.3 cm³/mol. The number of amides is 1. The van der Waals surface area contributed by atoms with Crippen LogP contribution in [0.25, 0.3) is 0 Å². The number of carbonyl (C=O) groups excluding carboxylic acids is 1. The van der Waals surface area contributed by atoms with Gasteiger partial charge < -0.3 is 10.6 Å². The van der Waals surface area contributed by atoms with Gasteiger partial charge >= 0.3 is 0 Å². The van der Waals surface area contributed by atoms with E-state index in [-0.39, 0.29) is 18.0 Å². The summed E-state index contributed by atoms with van der Waals surface area (Å²) in [7, 11) is 0. The van der Waals surface area contributed by atoms with E-state index in [1.165, 1.54) is 11.5 Å². The van der Waals surface area contributed by atoms with Gasteiger partial charge in [-0.3, -0.25) is 4.79 Å². The molecule has 0 fully saturated rings. The Balaban J connectivity index is 2.37. The Morgan fingerprint density at radius 2 is 2.12 bits per heavy atom. The quantitative estimate of drug-likeness (QED) is 0.843. The molecule has 96 valence electrons. The van der Waals surface area contributed by atoms with Crippen molar-refractivity contribution in [3.8, 4) is 0 Å². The van der Waals surface area contributed by atoms with Crippen LogP contribution >= 0.6 is 11.5 Å². The lowest BCUT2D eigenvalue weighted by Gasteiger charge is -2.20. The monoisotopic (exact) mass is 256 g/mol. The molecular formula is C11H20N4OS. The average molecular weight is 256 g/mol. The first kappa shape index (κ1) is 13.9. The highest BCUT2D eigenvalue weighted by Gasteiger charge is 2.13. The van der Waals surface area contributed by atoms with Gasteiger partial charge in [0.05, 0.1) is 6.54 Å². The van der Waals surface area contributed by atoms with Gasteiger partial charge in [0.2, 0.25) is 11.0 Å². The SMILES string of the molecule is CCCc1nsc(NCC(=O)NC(C)(C)C)n1. The molecule has 0 aromatic carbocycles. The second kappa shape index (κ2) is 5.95. The van der Waals surface area contributed by atoms with Gasteiger partial charge in [-0.2, -0.15) is 4.37 Å². The first-order valence-electron chi connectivity index (χ1n) is 5.78. The van der Waals surface area contributed by atoms with E-state index in [9.17, 15) is 4.79 Å². The van der Waals surface area contributed by atoms with Crippen molar-refractivity contribution in [1.82, 2.24) is 14.7 Å². The van der Waals surface area contributed by atoms with Gasteiger partial charge in [0.1, 0.15) is 5.82 Å². The molecule has 0 bridgehead atoms. The lowest BCUT2D eigenvalue weighted by molar-refractivity contribution is -0.120. The molecule has 0 saturated heterocycles. The van der Waals surface area contributed by atoms with Gasteiger partial charge in [-0.05, 0) is 27.2 Å². The Kier molecular flexibility index (Phi) is 4.86. The summed E-state index contributed by atoms with van der Waals surface area (Å²) in [6, 6.07) is 0. The molecule has 0 aliphatic heterocycles. The number of hydrogen-bond donors (Lipinski definition) is 2. The van der Waals surface area contributed by atoms with E-state index < -0.39 is 0 Å². The minimum atomic E-state index is -0.201. The van der Waals surface area contributed by atoms with Gasteiger partial charge in [-0.1, -0.05) is 6.92 Å². The van der Waals surface area contributed by atoms with E-state index >= 15 is 0 Å². The summed E-state index contributed by atoms with van der Waals surface area (Å²) in [4.78, 5) is 15.8. The molecule has 1 amide bonds. The molecule has 0 saturated carbocycles. The van der Waals surface area contributed by atoms with E-state index in [1.54, 1.807) is 0 Å². The molecule has 0 aliphatic rings. The molecule has 6 heteroatoms. The number of nitrogens with zero attached hydrogens (tertiary/aromatic N) is 2. The Morgan fingerprint density at radius 1 is 1.41 bits per heavy atom. The first-order chi connectivity index (χ1) is 7.90. The number of hydrogen-bond acceptors (Lipinski definition) is 5. The lowest BCUT2D eigenvalue weighted by atomic mass is 10.1. The fourth-order valence-electron chi connectivity index (χ4n) is 1.27. The molecule has 5 nitrogen and oxygen atoms in total. The predicted octanol–water partition coefficient (Wildman–Crippen LogP) is 1.82. The maximum Gasteiger partial charge on any atom is 0.239 e. The Hall–Kier alpha value is -1.17. The minimum absolute atomic E-state index is 0.0373. The van der Waals surface area contributed by atoms with Crippen LogP contribution in [-0.2, 0) is 11.2 Å². The summed E-state index contributed by atoms with van der Waals surface area (Å²) in [5, 5.41) is 6.56. The van der Waals surface area contributed by atoms with Gasteiger partial charge in [0, 0.05) is 23.5 Å². The molecule has 1 heterocycles. The van der Waals surface area contributed by atoms with Crippen molar-refractivity contribution in [3.63, 3.8) is 0 Å². The Bertz CT molecular complexity index is 370. The molecule has 0 spiro atoms. The van der Waals surface area contributed by atoms with Crippen LogP contribution < -0.4 is 10.6 Å². The molecule has 1 rings (SSSR count). The number of aryl methyl sites for hydroxylation is 1. The maximum absolute atomic E-state index is 11.5. The normalized spacial score (nSPS) is 11.3. The van der Waals surface area contributed by atoms with E-state index in [0.717, 1.165) is 18.7 Å². The third kappa shape index (κ3) is 5.63. The number of carbonyl (C=O) groups is 1. The fraction of sp³-hybridized carbons (Fsp3) is 0.727. The summed E-state index contributed by atoms with van der Waals surface area (Å²) in [6.45, 7) is 8.18. The molecular weight excluding hydrogens is 236 g/mol. The molecule has 0 aliphatic carbocycles. The zero-order chi connectivity index (χ0) is 12.9. The van der Waals surface area contributed by atoms with Crippen LogP contribution in [0, 0.1) is 0 Å². The smallest absolute Gasteiger partial charge is 0.239 e. The van der Waals surface area contributed by atoms with E-state index in [1.807, 2.05) is 20.8 Å². The number of rotatable bonds is 5. The van der Waals surface area contributed by atoms with Crippen molar-refractivity contribution < 1.29 is 4.79 Å². The molecule has 17 heavy (non-hydrogen) atoms. The number of aromatic nitrogens is 2. The highest BCUT2D eigenvalue weighted by Crippen LogP contribution is 2.11. The Labute approximate surface area is 106 Å². The third-order valence-electron chi connectivity index (χ3n) is 1.86. The van der Waals surface area contributed by atoms with E-state index in [2.05, 4.69) is 26.9 Å². The van der Waals surface area contributed by atoms with Gasteiger partial charge in [0.15, 0.2) is 0 Å². The number of anilines is 1. The first-order valence-corrected chi connectivity index (χ1v) is 6.55. The molecule has 1 aromatic rings. The highest BCUT2D eigenvalue weighted by atomic mass is 32.1. The van der Waals surface area contributed by atoms with Gasteiger partial charge in [0.25, 0.3) is 0 Å². The van der Waals surface area contributed by atoms with Crippen LogP contribution in [-0.4, -0.2) is 27.3 Å². The van der Waals surface area contributed by atoms with Crippen molar-refractivity contribution in [2.45, 2.75) is 46.1 Å². The molecule has 1 aromatic heterocycles. The van der Waals surface area contributed by atoms with Crippen LogP contribution in [0.2, 0.25) is 0 Å². The van der Waals surface area contributed by atoms with Crippen molar-refractivity contribution in [2.75, 3.05) is 11.9 Å². The van der Waals surface area contributed by atoms with Crippen molar-refractivity contribution in [3.05, 3.63) is 5.82 Å². The van der Waals surface area contributed by atoms with Crippen LogP contribution in [0.15, 0.2) is 0 Å². The lowest BCUT2D eigenvalue weighted by Crippen LogP contribution is -2.43. The topological polar surface area (TPSA) is 66.9 Å². The Morgan fingerprint density at radius 3 is 2.71 bits per heavy atom. The van der Waals surface area contributed by atoms with Crippen molar-refractivity contribution in [1.29, 1.82) is 0 Å². The molecule has 0 unspecified atom stereocenters. The second-order valence-corrected chi connectivity index (χ2v) is 5.67. The van der Waals surface area contributed by atoms with E-state index in [0.29, 0.717) is 5.13 Å². The third-order valence-corrected chi connectivity index (χ3v) is 2.57. The zero-order valence-electron chi connectivity index (χ0n) is 10.8. The van der Waals surface area contributed by atoms with Crippen molar-refractivity contribution >= 4 is 22.6 Å². The fourth-order valence-corrected chi connectivity index (χ4v) is 1.88. The summed E-state index contributed by atoms with van der Waals surface area (Å²) in [6.07, 6.45) is 1.91. The zero-order valence-corrected chi connectivity index (χ0v) is 11.6. The molecule has 0 atom stereocenters. The van der Waals surface area contributed by atoms with E-state index in [4.69, 9.17) is 0 Å². The van der Waals surface area contributed by atoms with Crippen molar-refractivity contribution in [2.24, 2.45) is 0 Å². The van der Waals surface area contributed by atoms with Crippen LogP contribution in [0.5, 0.6) is 0 Å². The second-order valence-electron chi connectivity index (χ2n) is 4.92. The standard InChI is InChI=1S/C11H20N4OS/c1-5-6-8-13-10(17-15-8)12-7-9(16)14-11(2,3)4/h5-7H2,1-4H3,(H,14,16)(H,12,13,15). The average Bonchev–Trinajstić information content (AvgIpc) is 2.61. The minimum Gasteiger partial charge on any atom is -0.351 e. The van der Waals surface area contributed by atoms with Gasteiger partial charge in [-0.15, -0.1) is 0 Å². The highest BCUT2D eigenvalue weighted by molar-refractivity contribution is 7.09. The van der Waals surface area contributed by atoms with Crippen LogP contribution in [0.3, 0.4) is 0 Å². The molecule has 2 N–H and O–H groups in total. The summed E-state index contributed by atoms with van der Waals surface area (Å²) in [5.41, 5.74) is -0.201. The largest absolute Gasteiger partial charge is 0.351 e.